The van der Waals surface area contributed by atoms with E-state index in [4.69, 9.17) is 0 Å². The Morgan fingerprint density at radius 1 is 1.04 bits per heavy atom. The summed E-state index contributed by atoms with van der Waals surface area (Å²) in [7, 11) is 0. The van der Waals surface area contributed by atoms with Crippen LogP contribution in [0.4, 0.5) is 0 Å². The van der Waals surface area contributed by atoms with Crippen LogP contribution in [0.25, 0.3) is 0 Å². The molecule has 2 heterocycles. The van der Waals surface area contributed by atoms with E-state index in [2.05, 4.69) is 28.9 Å². The van der Waals surface area contributed by atoms with Gasteiger partial charge in [-0.15, -0.1) is 0 Å². The summed E-state index contributed by atoms with van der Waals surface area (Å²) in [5, 5.41) is 11.0. The molecule has 0 unspecified atom stereocenters. The van der Waals surface area contributed by atoms with Crippen molar-refractivity contribution in [3.8, 4) is 0 Å². The molecule has 3 aliphatic rings. The number of piperidine rings is 1. The molecule has 5 heteroatoms. The predicted octanol–water partition coefficient (Wildman–Crippen LogP) is 1.98. The van der Waals surface area contributed by atoms with Crippen molar-refractivity contribution < 1.29 is 9.90 Å². The molecular weight excluding hydrogens is 338 g/mol. The number of nitrogens with zero attached hydrogens (tertiary/aromatic N) is 3. The van der Waals surface area contributed by atoms with Gasteiger partial charge in [0.05, 0.1) is 12.1 Å². The summed E-state index contributed by atoms with van der Waals surface area (Å²) in [6, 6.07) is 8.98. The molecule has 1 aromatic carbocycles. The van der Waals surface area contributed by atoms with Crippen LogP contribution < -0.4 is 0 Å². The Hall–Kier alpha value is -1.43. The van der Waals surface area contributed by atoms with Gasteiger partial charge < -0.3 is 10.0 Å². The highest BCUT2D eigenvalue weighted by Gasteiger charge is 2.35. The van der Waals surface area contributed by atoms with Crippen LogP contribution in [-0.2, 0) is 10.4 Å². The van der Waals surface area contributed by atoms with Crippen LogP contribution in [-0.4, -0.2) is 77.6 Å². The molecule has 0 bridgehead atoms. The third-order valence-corrected chi connectivity index (χ3v) is 6.89. The maximum Gasteiger partial charge on any atom is 0.236 e. The maximum atomic E-state index is 12.7. The summed E-state index contributed by atoms with van der Waals surface area (Å²) in [5.74, 6) is 0.254. The highest BCUT2D eigenvalue weighted by Crippen LogP contribution is 2.33. The van der Waals surface area contributed by atoms with Gasteiger partial charge in [-0.3, -0.25) is 14.6 Å². The van der Waals surface area contributed by atoms with E-state index in [1.165, 1.54) is 24.8 Å². The van der Waals surface area contributed by atoms with E-state index < -0.39 is 5.60 Å². The fourth-order valence-corrected chi connectivity index (χ4v) is 4.61. The number of hydrogen-bond acceptors (Lipinski definition) is 4. The Labute approximate surface area is 162 Å². The molecule has 0 atom stereocenters. The van der Waals surface area contributed by atoms with Crippen LogP contribution in [0.3, 0.4) is 0 Å². The second kappa shape index (κ2) is 7.90. The molecule has 0 aromatic heterocycles. The first-order chi connectivity index (χ1) is 13.0. The van der Waals surface area contributed by atoms with E-state index in [0.717, 1.165) is 50.9 Å². The highest BCUT2D eigenvalue weighted by atomic mass is 16.3. The Kier molecular flexibility index (Phi) is 5.53. The van der Waals surface area contributed by atoms with Crippen LogP contribution in [0.2, 0.25) is 0 Å². The molecule has 1 aromatic rings. The van der Waals surface area contributed by atoms with Gasteiger partial charge in [0.25, 0.3) is 0 Å². The number of amides is 1. The Bertz CT molecular complexity index is 640. The molecule has 0 spiro atoms. The van der Waals surface area contributed by atoms with Gasteiger partial charge in [-0.2, -0.15) is 0 Å². The number of aliphatic hydroxyl groups is 1. The summed E-state index contributed by atoms with van der Waals surface area (Å²) in [5.41, 5.74) is 1.47. The third kappa shape index (κ3) is 4.20. The number of hydrogen-bond donors (Lipinski definition) is 1. The summed E-state index contributed by atoms with van der Waals surface area (Å²) in [6.45, 7) is 7.91. The molecule has 1 N–H and O–H groups in total. The first-order valence-electron chi connectivity index (χ1n) is 10.6. The van der Waals surface area contributed by atoms with E-state index in [1.54, 1.807) is 0 Å². The number of benzene rings is 1. The second-order valence-corrected chi connectivity index (χ2v) is 8.68. The standard InChI is InChI=1S/C22H33N3O2/c1-18-5-7-19(8-6-18)22(27)9-11-23(12-10-22)17-21(26)25-15-13-24(14-16-25)20-3-2-4-20/h5-8,20,27H,2-4,9-17H2,1H3. The first-order valence-corrected chi connectivity index (χ1v) is 10.6. The molecule has 1 aliphatic carbocycles. The van der Waals surface area contributed by atoms with Gasteiger partial charge >= 0.3 is 0 Å². The molecule has 1 saturated carbocycles. The zero-order valence-corrected chi connectivity index (χ0v) is 16.6. The normalized spacial score (nSPS) is 24.6. The van der Waals surface area contributed by atoms with Crippen LogP contribution in [0, 0.1) is 6.92 Å². The molecule has 2 saturated heterocycles. The van der Waals surface area contributed by atoms with Gasteiger partial charge in [-0.25, -0.2) is 0 Å². The van der Waals surface area contributed by atoms with E-state index in [1.807, 2.05) is 17.0 Å². The first kappa shape index (κ1) is 18.9. The molecule has 1 amide bonds. The van der Waals surface area contributed by atoms with Crippen LogP contribution in [0.1, 0.15) is 43.2 Å². The number of carbonyl (C=O) groups excluding carboxylic acids is 1. The fourth-order valence-electron chi connectivity index (χ4n) is 4.61. The van der Waals surface area contributed by atoms with Gasteiger partial charge in [-0.1, -0.05) is 36.2 Å². The number of likely N-dealkylation sites (tertiary alicyclic amines) is 1. The molecular formula is C22H33N3O2. The van der Waals surface area contributed by atoms with Crippen molar-refractivity contribution >= 4 is 5.91 Å². The van der Waals surface area contributed by atoms with Gasteiger partial charge in [-0.05, 0) is 38.2 Å². The zero-order chi connectivity index (χ0) is 18.9. The molecule has 3 fully saturated rings. The van der Waals surface area contributed by atoms with Crippen molar-refractivity contribution in [1.29, 1.82) is 0 Å². The molecule has 5 nitrogen and oxygen atoms in total. The third-order valence-electron chi connectivity index (χ3n) is 6.89. The molecule has 4 rings (SSSR count). The molecule has 27 heavy (non-hydrogen) atoms. The topological polar surface area (TPSA) is 47.0 Å². The predicted molar refractivity (Wildman–Crippen MR) is 107 cm³/mol. The quantitative estimate of drug-likeness (QED) is 0.879. The van der Waals surface area contributed by atoms with Crippen molar-refractivity contribution in [1.82, 2.24) is 14.7 Å². The summed E-state index contributed by atoms with van der Waals surface area (Å²) in [4.78, 5) is 19.5. The molecule has 148 valence electrons. The number of carbonyl (C=O) groups is 1. The number of aryl methyl sites for hydroxylation is 1. The average Bonchev–Trinajstić information content (AvgIpc) is 2.63. The largest absolute Gasteiger partial charge is 0.385 e. The van der Waals surface area contributed by atoms with Crippen molar-refractivity contribution in [2.75, 3.05) is 45.8 Å². The maximum absolute atomic E-state index is 12.7. The van der Waals surface area contributed by atoms with Crippen LogP contribution in [0.5, 0.6) is 0 Å². The van der Waals surface area contributed by atoms with Crippen LogP contribution in [0.15, 0.2) is 24.3 Å². The van der Waals surface area contributed by atoms with Crippen molar-refractivity contribution in [3.63, 3.8) is 0 Å². The smallest absolute Gasteiger partial charge is 0.236 e. The lowest BCUT2D eigenvalue weighted by molar-refractivity contribution is -0.136. The van der Waals surface area contributed by atoms with Gasteiger partial charge in [0.1, 0.15) is 0 Å². The number of rotatable bonds is 4. The van der Waals surface area contributed by atoms with E-state index >= 15 is 0 Å². The lowest BCUT2D eigenvalue weighted by atomic mass is 9.84. The van der Waals surface area contributed by atoms with Crippen molar-refractivity contribution in [3.05, 3.63) is 35.4 Å². The summed E-state index contributed by atoms with van der Waals surface area (Å²) < 4.78 is 0. The van der Waals surface area contributed by atoms with Crippen molar-refractivity contribution in [2.45, 2.75) is 50.7 Å². The van der Waals surface area contributed by atoms with Crippen LogP contribution >= 0.6 is 0 Å². The van der Waals surface area contributed by atoms with Crippen molar-refractivity contribution in [2.24, 2.45) is 0 Å². The van der Waals surface area contributed by atoms with E-state index in [0.29, 0.717) is 19.4 Å². The minimum absolute atomic E-state index is 0.254. The van der Waals surface area contributed by atoms with E-state index in [-0.39, 0.29) is 5.91 Å². The molecule has 0 radical (unpaired) electrons. The Morgan fingerprint density at radius 2 is 1.67 bits per heavy atom. The van der Waals surface area contributed by atoms with Gasteiger partial charge in [0.2, 0.25) is 5.91 Å². The van der Waals surface area contributed by atoms with E-state index in [9.17, 15) is 9.90 Å². The minimum atomic E-state index is -0.748. The Balaban J connectivity index is 1.24. The van der Waals surface area contributed by atoms with Gasteiger partial charge in [0.15, 0.2) is 0 Å². The minimum Gasteiger partial charge on any atom is -0.385 e. The number of piperazine rings is 1. The summed E-state index contributed by atoms with van der Waals surface area (Å²) in [6.07, 6.45) is 5.43. The Morgan fingerprint density at radius 3 is 2.22 bits per heavy atom. The SMILES string of the molecule is Cc1ccc(C2(O)CCN(CC(=O)N3CCN(C4CCC4)CC3)CC2)cc1. The fraction of sp³-hybridized carbons (Fsp3) is 0.682. The highest BCUT2D eigenvalue weighted by molar-refractivity contribution is 5.78. The molecule has 2 aliphatic heterocycles. The lowest BCUT2D eigenvalue weighted by Crippen LogP contribution is -2.55. The second-order valence-electron chi connectivity index (χ2n) is 8.68. The summed E-state index contributed by atoms with van der Waals surface area (Å²) >= 11 is 0. The lowest BCUT2D eigenvalue weighted by Gasteiger charge is -2.43. The monoisotopic (exact) mass is 371 g/mol. The zero-order valence-electron chi connectivity index (χ0n) is 16.6. The van der Waals surface area contributed by atoms with Gasteiger partial charge in [0, 0.05) is 45.3 Å². The average molecular weight is 372 g/mol.